The van der Waals surface area contributed by atoms with Crippen molar-refractivity contribution in [3.05, 3.63) is 95.1 Å². The van der Waals surface area contributed by atoms with Crippen LogP contribution in [0.4, 0.5) is 26.3 Å². The number of benzene rings is 3. The van der Waals surface area contributed by atoms with Gasteiger partial charge in [0.2, 0.25) is 0 Å². The van der Waals surface area contributed by atoms with Crippen molar-refractivity contribution in [2.75, 3.05) is 32.4 Å². The predicted octanol–water partition coefficient (Wildman–Crippen LogP) is 7.42. The van der Waals surface area contributed by atoms with Crippen molar-refractivity contribution in [1.82, 2.24) is 20.1 Å². The van der Waals surface area contributed by atoms with E-state index < -0.39 is 39.7 Å². The van der Waals surface area contributed by atoms with E-state index in [1.807, 2.05) is 4.90 Å². The molecule has 7 nitrogen and oxygen atoms in total. The van der Waals surface area contributed by atoms with E-state index >= 15 is 0 Å². The quantitative estimate of drug-likeness (QED) is 0.191. The van der Waals surface area contributed by atoms with E-state index in [1.54, 1.807) is 0 Å². The molecule has 14 heteroatoms. The molecule has 2 saturated heterocycles. The number of nitrogens with one attached hydrogen (secondary N) is 1. The van der Waals surface area contributed by atoms with Crippen LogP contribution in [0.2, 0.25) is 0 Å². The zero-order valence-corrected chi connectivity index (χ0v) is 28.0. The molecule has 2 aliphatic rings. The Labute approximate surface area is 286 Å². The number of rotatable bonds is 8. The van der Waals surface area contributed by atoms with Gasteiger partial charge in [-0.3, -0.25) is 9.69 Å². The average molecular weight is 719 g/mol. The molecular formula is C36H36F6N4O3S. The van der Waals surface area contributed by atoms with Crippen LogP contribution in [-0.4, -0.2) is 73.8 Å². The largest absolute Gasteiger partial charge is 0.416 e. The molecule has 50 heavy (non-hydrogen) atoms. The summed E-state index contributed by atoms with van der Waals surface area (Å²) < 4.78 is 111. The fourth-order valence-corrected chi connectivity index (χ4v) is 7.63. The number of hydrogen-bond donors (Lipinski definition) is 1. The van der Waals surface area contributed by atoms with Crippen LogP contribution in [0.3, 0.4) is 0 Å². The van der Waals surface area contributed by atoms with Crippen LogP contribution in [0, 0.1) is 0 Å². The van der Waals surface area contributed by atoms with E-state index in [0.29, 0.717) is 19.1 Å². The van der Waals surface area contributed by atoms with Gasteiger partial charge in [0.05, 0.1) is 27.2 Å². The van der Waals surface area contributed by atoms with Crippen molar-refractivity contribution in [2.24, 2.45) is 0 Å². The number of alkyl halides is 6. The fourth-order valence-electron chi connectivity index (χ4n) is 6.98. The Kier molecular flexibility index (Phi) is 9.99. The van der Waals surface area contributed by atoms with E-state index in [-0.39, 0.29) is 50.3 Å². The molecule has 2 aliphatic heterocycles. The zero-order valence-electron chi connectivity index (χ0n) is 27.2. The summed E-state index contributed by atoms with van der Waals surface area (Å²) in [6, 6.07) is 12.9. The van der Waals surface area contributed by atoms with Gasteiger partial charge in [-0.2, -0.15) is 26.3 Å². The fraction of sp³-hybridized carbons (Fsp3) is 0.389. The Hall–Kier alpha value is -4.01. The maximum absolute atomic E-state index is 14.5. The topological polar surface area (TPSA) is 82.6 Å². The molecule has 0 saturated carbocycles. The molecule has 6 rings (SSSR count). The van der Waals surface area contributed by atoms with Crippen molar-refractivity contribution in [1.29, 1.82) is 0 Å². The van der Waals surface area contributed by atoms with Gasteiger partial charge < -0.3 is 10.2 Å². The van der Waals surface area contributed by atoms with Crippen molar-refractivity contribution in [3.8, 4) is 11.3 Å². The van der Waals surface area contributed by atoms with Crippen molar-refractivity contribution in [3.63, 3.8) is 0 Å². The van der Waals surface area contributed by atoms with E-state index in [1.165, 1.54) is 60.7 Å². The standard InChI is InChI=1S/C36H36F6N4O3S/c1-50(48,49)27-12-13-30-28(21-27)31(34(47)44-33(36(40,41)42)23-8-3-2-4-9-23)29(22-45-18-14-26(15-19-45)46-16-5-6-17-46)32(43-30)24-10-7-11-25(20-24)35(37,38)39/h2-4,7-13,20-21,26,33H,5-6,14-19,22H2,1H3,(H,44,47). The smallest absolute Gasteiger partial charge is 0.337 e. The normalized spacial score (nSPS) is 17.7. The molecule has 0 radical (unpaired) electrons. The average Bonchev–Trinajstić information content (AvgIpc) is 3.61. The van der Waals surface area contributed by atoms with Crippen LogP contribution in [0.5, 0.6) is 0 Å². The van der Waals surface area contributed by atoms with Gasteiger partial charge in [0.1, 0.15) is 0 Å². The second kappa shape index (κ2) is 14.0. The highest BCUT2D eigenvalue weighted by Crippen LogP contribution is 2.38. The molecule has 3 aromatic carbocycles. The van der Waals surface area contributed by atoms with Gasteiger partial charge in [-0.05, 0) is 87.8 Å². The summed E-state index contributed by atoms with van der Waals surface area (Å²) in [7, 11) is -3.84. The summed E-state index contributed by atoms with van der Waals surface area (Å²) in [6.07, 6.45) is -4.82. The van der Waals surface area contributed by atoms with Gasteiger partial charge in [-0.1, -0.05) is 42.5 Å². The molecular weight excluding hydrogens is 682 g/mol. The molecule has 2 fully saturated rings. The highest BCUT2D eigenvalue weighted by Gasteiger charge is 2.43. The molecule has 1 amide bonds. The number of amides is 1. The third-order valence-corrected chi connectivity index (χ3v) is 10.6. The number of likely N-dealkylation sites (tertiary alicyclic amines) is 2. The van der Waals surface area contributed by atoms with Gasteiger partial charge in [-0.25, -0.2) is 13.4 Å². The Morgan fingerprint density at radius 2 is 1.58 bits per heavy atom. The number of hydrogen-bond acceptors (Lipinski definition) is 6. The first-order valence-electron chi connectivity index (χ1n) is 16.3. The number of pyridine rings is 1. The van der Waals surface area contributed by atoms with Crippen LogP contribution in [0.1, 0.15) is 58.8 Å². The van der Waals surface area contributed by atoms with E-state index in [0.717, 1.165) is 57.2 Å². The van der Waals surface area contributed by atoms with Gasteiger partial charge in [0.25, 0.3) is 5.91 Å². The molecule has 1 unspecified atom stereocenters. The lowest BCUT2D eigenvalue weighted by Crippen LogP contribution is -2.44. The molecule has 4 aromatic rings. The number of fused-ring (bicyclic) bond motifs is 1. The number of sulfone groups is 1. The molecule has 0 bridgehead atoms. The van der Waals surface area contributed by atoms with Crippen LogP contribution < -0.4 is 5.32 Å². The molecule has 1 N–H and O–H groups in total. The lowest BCUT2D eigenvalue weighted by molar-refractivity contribution is -0.155. The van der Waals surface area contributed by atoms with E-state index in [4.69, 9.17) is 0 Å². The number of carbonyl (C=O) groups excluding carboxylic acids is 1. The number of halogens is 6. The maximum Gasteiger partial charge on any atom is 0.416 e. The predicted molar refractivity (Wildman–Crippen MR) is 177 cm³/mol. The molecule has 0 aliphatic carbocycles. The highest BCUT2D eigenvalue weighted by molar-refractivity contribution is 7.90. The Balaban J connectivity index is 1.54. The minimum atomic E-state index is -4.92. The summed E-state index contributed by atoms with van der Waals surface area (Å²) in [5, 5.41) is 2.10. The van der Waals surface area contributed by atoms with Crippen LogP contribution in [-0.2, 0) is 22.6 Å². The van der Waals surface area contributed by atoms with Crippen molar-refractivity contribution in [2.45, 2.75) is 61.6 Å². The molecule has 3 heterocycles. The first kappa shape index (κ1) is 35.8. The highest BCUT2D eigenvalue weighted by atomic mass is 32.2. The summed E-state index contributed by atoms with van der Waals surface area (Å²) in [5.74, 6) is -1.16. The first-order valence-corrected chi connectivity index (χ1v) is 18.2. The molecule has 266 valence electrons. The van der Waals surface area contributed by atoms with Crippen molar-refractivity contribution >= 4 is 26.6 Å². The minimum absolute atomic E-state index is 0.00853. The summed E-state index contributed by atoms with van der Waals surface area (Å²) >= 11 is 0. The van der Waals surface area contributed by atoms with E-state index in [2.05, 4.69) is 15.2 Å². The summed E-state index contributed by atoms with van der Waals surface area (Å²) in [6.45, 7) is 3.14. The van der Waals surface area contributed by atoms with Crippen LogP contribution >= 0.6 is 0 Å². The lowest BCUT2D eigenvalue weighted by Gasteiger charge is -2.37. The Morgan fingerprint density at radius 3 is 2.20 bits per heavy atom. The lowest BCUT2D eigenvalue weighted by atomic mass is 9.93. The van der Waals surface area contributed by atoms with Gasteiger partial charge in [0, 0.05) is 35.4 Å². The molecule has 0 spiro atoms. The van der Waals surface area contributed by atoms with Crippen LogP contribution in [0.25, 0.3) is 22.2 Å². The Morgan fingerprint density at radius 1 is 0.900 bits per heavy atom. The SMILES string of the molecule is CS(=O)(=O)c1ccc2nc(-c3cccc(C(F)(F)F)c3)c(CN3CCC(N4CCCC4)CC3)c(C(=O)NC(c3ccccc3)C(F)(F)F)c2c1. The van der Waals surface area contributed by atoms with Crippen LogP contribution in [0.15, 0.2) is 77.7 Å². The maximum atomic E-state index is 14.5. The molecule has 1 aromatic heterocycles. The third kappa shape index (κ3) is 7.82. The van der Waals surface area contributed by atoms with Gasteiger partial charge >= 0.3 is 12.4 Å². The Bertz CT molecular complexity index is 1970. The first-order chi connectivity index (χ1) is 23.6. The zero-order chi connectivity index (χ0) is 35.8. The second-order valence-corrected chi connectivity index (χ2v) is 15.0. The number of carbonyl (C=O) groups is 1. The summed E-state index contributed by atoms with van der Waals surface area (Å²) in [4.78, 5) is 23.3. The van der Waals surface area contributed by atoms with Gasteiger partial charge in [0.15, 0.2) is 15.9 Å². The number of piperidine rings is 1. The third-order valence-electron chi connectivity index (χ3n) is 9.51. The summed E-state index contributed by atoms with van der Waals surface area (Å²) in [5.41, 5.74) is -1.32. The molecule has 1 atom stereocenters. The monoisotopic (exact) mass is 718 g/mol. The second-order valence-electron chi connectivity index (χ2n) is 13.0. The minimum Gasteiger partial charge on any atom is -0.337 e. The number of nitrogens with zero attached hydrogens (tertiary/aromatic N) is 3. The van der Waals surface area contributed by atoms with Crippen molar-refractivity contribution < 1.29 is 39.6 Å². The van der Waals surface area contributed by atoms with Gasteiger partial charge in [-0.15, -0.1) is 0 Å². The number of aromatic nitrogens is 1. The van der Waals surface area contributed by atoms with E-state index in [9.17, 15) is 39.6 Å².